The van der Waals surface area contributed by atoms with Gasteiger partial charge in [-0.15, -0.1) is 11.3 Å². The monoisotopic (exact) mass is 316 g/mol. The van der Waals surface area contributed by atoms with Crippen LogP contribution in [0.1, 0.15) is 22.1 Å². The highest BCUT2D eigenvalue weighted by Crippen LogP contribution is 2.30. The van der Waals surface area contributed by atoms with Gasteiger partial charge in [-0.2, -0.15) is 0 Å². The second-order valence-corrected chi connectivity index (χ2v) is 6.32. The fraction of sp³-hybridized carbons (Fsp3) is 0.188. The van der Waals surface area contributed by atoms with Gasteiger partial charge < -0.3 is 0 Å². The summed E-state index contributed by atoms with van der Waals surface area (Å²) in [6, 6.07) is 11.6. The third-order valence-corrected chi connectivity index (χ3v) is 4.46. The van der Waals surface area contributed by atoms with Crippen molar-refractivity contribution in [3.8, 4) is 0 Å². The number of aromatic nitrogens is 1. The molecule has 0 unspecified atom stereocenters. The number of nitrogens with zero attached hydrogens (tertiary/aromatic N) is 2. The Morgan fingerprint density at radius 3 is 2.77 bits per heavy atom. The van der Waals surface area contributed by atoms with Gasteiger partial charge in [-0.3, -0.25) is 10.1 Å². The molecular formula is C16H13FN2O2S. The molecule has 0 aliphatic heterocycles. The van der Waals surface area contributed by atoms with Crippen LogP contribution >= 0.6 is 11.3 Å². The first-order chi connectivity index (χ1) is 10.5. The van der Waals surface area contributed by atoms with Crippen LogP contribution in [0.3, 0.4) is 0 Å². The Morgan fingerprint density at radius 2 is 2.05 bits per heavy atom. The van der Waals surface area contributed by atoms with Crippen LogP contribution in [0.25, 0.3) is 10.2 Å². The van der Waals surface area contributed by atoms with Crippen molar-refractivity contribution in [1.82, 2.24) is 4.98 Å². The maximum atomic E-state index is 13.5. The molecule has 3 aromatic rings. The minimum Gasteiger partial charge on any atom is -0.265 e. The second kappa shape index (κ2) is 5.81. The summed E-state index contributed by atoms with van der Waals surface area (Å²) in [4.78, 5) is 15.1. The highest BCUT2D eigenvalue weighted by Gasteiger charge is 2.21. The first-order valence-electron chi connectivity index (χ1n) is 6.77. The molecule has 1 heterocycles. The number of hydrogen-bond acceptors (Lipinski definition) is 4. The normalized spacial score (nSPS) is 12.5. The molecule has 1 aromatic heterocycles. The van der Waals surface area contributed by atoms with E-state index < -0.39 is 11.7 Å². The Bertz CT molecular complexity index is 847. The summed E-state index contributed by atoms with van der Waals surface area (Å²) in [5.41, 5.74) is 2.20. The molecule has 0 amide bonds. The Kier molecular flexibility index (Phi) is 3.85. The Hall–Kier alpha value is -2.34. The number of nitro groups is 1. The lowest BCUT2D eigenvalue weighted by Crippen LogP contribution is -2.14. The van der Waals surface area contributed by atoms with E-state index in [1.165, 1.54) is 12.1 Å². The molecule has 2 aromatic carbocycles. The summed E-state index contributed by atoms with van der Waals surface area (Å²) in [5.74, 6) is -0.881. The van der Waals surface area contributed by atoms with Gasteiger partial charge in [-0.1, -0.05) is 18.2 Å². The van der Waals surface area contributed by atoms with Gasteiger partial charge in [0.15, 0.2) is 0 Å². The number of rotatable bonds is 4. The molecule has 0 bridgehead atoms. The number of aryl methyl sites for hydroxylation is 1. The zero-order valence-electron chi connectivity index (χ0n) is 11.8. The first-order valence-corrected chi connectivity index (χ1v) is 7.59. The lowest BCUT2D eigenvalue weighted by Gasteiger charge is -2.14. The summed E-state index contributed by atoms with van der Waals surface area (Å²) in [5, 5.41) is 12.0. The molecule has 112 valence electrons. The van der Waals surface area contributed by atoms with Gasteiger partial charge >= 0.3 is 0 Å². The average molecular weight is 316 g/mol. The third-order valence-electron chi connectivity index (χ3n) is 3.50. The third kappa shape index (κ3) is 2.96. The van der Waals surface area contributed by atoms with Crippen molar-refractivity contribution in [2.75, 3.05) is 6.54 Å². The number of thiazole rings is 1. The van der Waals surface area contributed by atoms with Gasteiger partial charge in [0, 0.05) is 4.92 Å². The summed E-state index contributed by atoms with van der Waals surface area (Å²) >= 11 is 1.58. The van der Waals surface area contributed by atoms with Crippen molar-refractivity contribution in [2.24, 2.45) is 0 Å². The molecule has 0 radical (unpaired) electrons. The molecule has 4 nitrogen and oxygen atoms in total. The zero-order chi connectivity index (χ0) is 15.7. The fourth-order valence-electron chi connectivity index (χ4n) is 2.55. The van der Waals surface area contributed by atoms with Crippen molar-refractivity contribution in [1.29, 1.82) is 0 Å². The largest absolute Gasteiger partial charge is 0.265 e. The molecule has 22 heavy (non-hydrogen) atoms. The molecule has 3 rings (SSSR count). The molecule has 6 heteroatoms. The predicted molar refractivity (Wildman–Crippen MR) is 84.5 cm³/mol. The quantitative estimate of drug-likeness (QED) is 0.536. The van der Waals surface area contributed by atoms with Crippen LogP contribution in [0.5, 0.6) is 0 Å². The highest BCUT2D eigenvalue weighted by molar-refractivity contribution is 7.18. The van der Waals surface area contributed by atoms with Gasteiger partial charge in [-0.05, 0) is 42.3 Å². The Labute approximate surface area is 130 Å². The second-order valence-electron chi connectivity index (χ2n) is 5.08. The smallest absolute Gasteiger partial charge is 0.214 e. The van der Waals surface area contributed by atoms with E-state index in [-0.39, 0.29) is 11.5 Å². The molecular weight excluding hydrogens is 303 g/mol. The van der Waals surface area contributed by atoms with Crippen molar-refractivity contribution in [2.45, 2.75) is 12.8 Å². The standard InChI is InChI=1S/C16H13FN2O2S/c1-10-18-15-8-12(5-6-16(15)22-10)14(9-19(20)21)11-3-2-4-13(17)7-11/h2-8,14H,9H2,1H3/t14-/m1/s1. The van der Waals surface area contributed by atoms with Crippen LogP contribution in [0, 0.1) is 22.9 Å². The van der Waals surface area contributed by atoms with Crippen molar-refractivity contribution in [3.05, 3.63) is 74.5 Å². The van der Waals surface area contributed by atoms with Gasteiger partial charge in [-0.25, -0.2) is 9.37 Å². The molecule has 0 aliphatic carbocycles. The Morgan fingerprint density at radius 1 is 1.27 bits per heavy atom. The zero-order valence-corrected chi connectivity index (χ0v) is 12.6. The van der Waals surface area contributed by atoms with E-state index in [2.05, 4.69) is 4.98 Å². The number of hydrogen-bond donors (Lipinski definition) is 0. The average Bonchev–Trinajstić information content (AvgIpc) is 2.83. The van der Waals surface area contributed by atoms with Gasteiger partial charge in [0.05, 0.1) is 21.1 Å². The number of fused-ring (bicyclic) bond motifs is 1. The van der Waals surface area contributed by atoms with E-state index in [4.69, 9.17) is 0 Å². The van der Waals surface area contributed by atoms with Crippen LogP contribution in [-0.4, -0.2) is 16.5 Å². The molecule has 0 aliphatic rings. The predicted octanol–water partition coefficient (Wildman–Crippen LogP) is 4.15. The van der Waals surface area contributed by atoms with E-state index in [1.807, 2.05) is 25.1 Å². The fourth-order valence-corrected chi connectivity index (χ4v) is 3.36. The van der Waals surface area contributed by atoms with Crippen LogP contribution < -0.4 is 0 Å². The van der Waals surface area contributed by atoms with E-state index in [0.717, 1.165) is 20.8 Å². The summed E-state index contributed by atoms with van der Waals surface area (Å²) in [6.07, 6.45) is 0. The van der Waals surface area contributed by atoms with Crippen molar-refractivity contribution < 1.29 is 9.31 Å². The molecule has 0 spiro atoms. The van der Waals surface area contributed by atoms with Gasteiger partial charge in [0.2, 0.25) is 6.54 Å². The SMILES string of the molecule is Cc1nc2cc([C@H](C[N+](=O)[O-])c3cccc(F)c3)ccc2s1. The molecule has 1 atom stereocenters. The summed E-state index contributed by atoms with van der Waals surface area (Å²) < 4.78 is 14.5. The first kappa shape index (κ1) is 14.6. The molecule has 0 fully saturated rings. The van der Waals surface area contributed by atoms with E-state index in [0.29, 0.717) is 5.56 Å². The number of halogens is 1. The topological polar surface area (TPSA) is 56.0 Å². The summed E-state index contributed by atoms with van der Waals surface area (Å²) in [6.45, 7) is 1.64. The summed E-state index contributed by atoms with van der Waals surface area (Å²) in [7, 11) is 0. The minimum absolute atomic E-state index is 0.280. The maximum Gasteiger partial charge on any atom is 0.214 e. The van der Waals surface area contributed by atoms with Crippen LogP contribution in [-0.2, 0) is 0 Å². The van der Waals surface area contributed by atoms with E-state index >= 15 is 0 Å². The molecule has 0 saturated carbocycles. The van der Waals surface area contributed by atoms with Crippen molar-refractivity contribution in [3.63, 3.8) is 0 Å². The highest BCUT2D eigenvalue weighted by atomic mass is 32.1. The molecule has 0 saturated heterocycles. The van der Waals surface area contributed by atoms with E-state index in [1.54, 1.807) is 23.5 Å². The van der Waals surface area contributed by atoms with Crippen LogP contribution in [0.4, 0.5) is 4.39 Å². The van der Waals surface area contributed by atoms with E-state index in [9.17, 15) is 14.5 Å². The number of benzene rings is 2. The minimum atomic E-state index is -0.489. The van der Waals surface area contributed by atoms with Crippen molar-refractivity contribution >= 4 is 21.6 Å². The van der Waals surface area contributed by atoms with Crippen LogP contribution in [0.15, 0.2) is 42.5 Å². The maximum absolute atomic E-state index is 13.5. The lowest BCUT2D eigenvalue weighted by molar-refractivity contribution is -0.481. The lowest BCUT2D eigenvalue weighted by atomic mass is 9.91. The Balaban J connectivity index is 2.08. The van der Waals surface area contributed by atoms with Gasteiger partial charge in [0.25, 0.3) is 0 Å². The van der Waals surface area contributed by atoms with Crippen LogP contribution in [0.2, 0.25) is 0 Å². The molecule has 0 N–H and O–H groups in total. The van der Waals surface area contributed by atoms with Gasteiger partial charge in [0.1, 0.15) is 5.82 Å².